The molecule has 1 aromatic carbocycles. The average Bonchev–Trinajstić information content (AvgIpc) is 2.82. The van der Waals surface area contributed by atoms with Gasteiger partial charge in [-0.3, -0.25) is 0 Å². The molecule has 0 radical (unpaired) electrons. The Labute approximate surface area is 95.7 Å². The molecule has 2 rings (SSSR count). The van der Waals surface area contributed by atoms with Crippen LogP contribution in [0.4, 0.5) is 0 Å². The van der Waals surface area contributed by atoms with E-state index in [4.69, 9.17) is 9.84 Å². The maximum absolute atomic E-state index is 9.41. The molecule has 1 atom stereocenters. The molecule has 88 valence electrons. The van der Waals surface area contributed by atoms with Crippen LogP contribution in [0.3, 0.4) is 0 Å². The number of aliphatic hydroxyl groups excluding tert-OH is 2. The van der Waals surface area contributed by atoms with Gasteiger partial charge >= 0.3 is 0 Å². The van der Waals surface area contributed by atoms with E-state index in [9.17, 15) is 5.11 Å². The quantitative estimate of drug-likeness (QED) is 0.819. The van der Waals surface area contributed by atoms with Gasteiger partial charge in [-0.25, -0.2) is 0 Å². The van der Waals surface area contributed by atoms with Crippen LogP contribution in [-0.2, 0) is 0 Å². The number of ether oxygens (including phenoxy) is 1. The molecule has 2 N–H and O–H groups in total. The van der Waals surface area contributed by atoms with Gasteiger partial charge in [-0.1, -0.05) is 12.1 Å². The first kappa shape index (κ1) is 11.4. The molecule has 0 spiro atoms. The maximum atomic E-state index is 9.41. The zero-order valence-corrected chi connectivity index (χ0v) is 9.30. The second kappa shape index (κ2) is 5.32. The molecule has 1 fully saturated rings. The molecule has 3 nitrogen and oxygen atoms in total. The minimum absolute atomic E-state index is 0.247. The molecule has 1 aromatic rings. The van der Waals surface area contributed by atoms with E-state index >= 15 is 0 Å². The molecular weight excluding hydrogens is 204 g/mol. The maximum Gasteiger partial charge on any atom is 0.119 e. The van der Waals surface area contributed by atoms with Gasteiger partial charge in [0.2, 0.25) is 0 Å². The van der Waals surface area contributed by atoms with Gasteiger partial charge in [0.05, 0.1) is 12.7 Å². The number of hydrogen-bond donors (Lipinski definition) is 2. The number of rotatable bonds is 4. The highest BCUT2D eigenvalue weighted by molar-refractivity contribution is 5.28. The van der Waals surface area contributed by atoms with Gasteiger partial charge in [-0.15, -0.1) is 0 Å². The minimum Gasteiger partial charge on any atom is -0.490 e. The van der Waals surface area contributed by atoms with E-state index in [0.29, 0.717) is 6.10 Å². The van der Waals surface area contributed by atoms with E-state index in [1.807, 2.05) is 12.1 Å². The zero-order chi connectivity index (χ0) is 11.4. The topological polar surface area (TPSA) is 49.7 Å². The number of aliphatic hydroxyl groups is 2. The first-order valence-corrected chi connectivity index (χ1v) is 5.85. The highest BCUT2D eigenvalue weighted by atomic mass is 16.5. The van der Waals surface area contributed by atoms with Crippen LogP contribution in [0.25, 0.3) is 0 Å². The van der Waals surface area contributed by atoms with Crippen molar-refractivity contribution in [1.29, 1.82) is 0 Å². The third-order valence-corrected chi connectivity index (χ3v) is 3.04. The third kappa shape index (κ3) is 2.74. The standard InChI is InChI=1S/C13H18O3/c14-9-13(15)10-5-7-12(8-6-10)16-11-3-1-2-4-11/h5-8,11,13-15H,1-4,9H2. The van der Waals surface area contributed by atoms with E-state index in [-0.39, 0.29) is 6.61 Å². The van der Waals surface area contributed by atoms with Crippen LogP contribution in [0.15, 0.2) is 24.3 Å². The molecule has 0 aliphatic heterocycles. The van der Waals surface area contributed by atoms with Crippen molar-refractivity contribution in [3.63, 3.8) is 0 Å². The Morgan fingerprint density at radius 2 is 1.81 bits per heavy atom. The fraction of sp³-hybridized carbons (Fsp3) is 0.538. The number of hydrogen-bond acceptors (Lipinski definition) is 3. The molecule has 1 unspecified atom stereocenters. The van der Waals surface area contributed by atoms with Gasteiger partial charge in [0.1, 0.15) is 11.9 Å². The van der Waals surface area contributed by atoms with Gasteiger partial charge < -0.3 is 14.9 Å². The lowest BCUT2D eigenvalue weighted by molar-refractivity contribution is 0.0955. The van der Waals surface area contributed by atoms with Crippen LogP contribution < -0.4 is 4.74 Å². The molecule has 1 aliphatic carbocycles. The molecule has 0 bridgehead atoms. The molecule has 16 heavy (non-hydrogen) atoms. The van der Waals surface area contributed by atoms with Crippen LogP contribution in [0, 0.1) is 0 Å². The van der Waals surface area contributed by atoms with Crippen LogP contribution in [-0.4, -0.2) is 22.9 Å². The monoisotopic (exact) mass is 222 g/mol. The second-order valence-electron chi connectivity index (χ2n) is 4.29. The summed E-state index contributed by atoms with van der Waals surface area (Å²) in [5.74, 6) is 0.848. The minimum atomic E-state index is -0.791. The van der Waals surface area contributed by atoms with Gasteiger partial charge in [0.15, 0.2) is 0 Å². The first-order valence-electron chi connectivity index (χ1n) is 5.85. The lowest BCUT2D eigenvalue weighted by atomic mass is 10.1. The third-order valence-electron chi connectivity index (χ3n) is 3.04. The van der Waals surface area contributed by atoms with Gasteiger partial charge in [0, 0.05) is 0 Å². The summed E-state index contributed by atoms with van der Waals surface area (Å²) in [5.41, 5.74) is 0.723. The summed E-state index contributed by atoms with van der Waals surface area (Å²) in [5, 5.41) is 18.2. The molecule has 0 aromatic heterocycles. The van der Waals surface area contributed by atoms with Crippen LogP contribution >= 0.6 is 0 Å². The molecule has 1 saturated carbocycles. The highest BCUT2D eigenvalue weighted by Gasteiger charge is 2.16. The van der Waals surface area contributed by atoms with Crippen molar-refractivity contribution in [2.24, 2.45) is 0 Å². The van der Waals surface area contributed by atoms with E-state index in [0.717, 1.165) is 24.2 Å². The summed E-state index contributed by atoms with van der Waals surface area (Å²) in [6.07, 6.45) is 4.36. The van der Waals surface area contributed by atoms with Crippen LogP contribution in [0.1, 0.15) is 37.4 Å². The summed E-state index contributed by atoms with van der Waals surface area (Å²) in [4.78, 5) is 0. The predicted molar refractivity (Wildman–Crippen MR) is 61.4 cm³/mol. The van der Waals surface area contributed by atoms with Crippen molar-refractivity contribution in [3.05, 3.63) is 29.8 Å². The number of benzene rings is 1. The lowest BCUT2D eigenvalue weighted by Crippen LogP contribution is -2.11. The van der Waals surface area contributed by atoms with E-state index in [1.54, 1.807) is 12.1 Å². The van der Waals surface area contributed by atoms with Crippen molar-refractivity contribution < 1.29 is 14.9 Å². The Balaban J connectivity index is 1.96. The van der Waals surface area contributed by atoms with Gasteiger partial charge in [-0.2, -0.15) is 0 Å². The Bertz CT molecular complexity index is 314. The Hall–Kier alpha value is -1.06. The van der Waals surface area contributed by atoms with E-state index < -0.39 is 6.10 Å². The summed E-state index contributed by atoms with van der Waals surface area (Å²) in [6, 6.07) is 7.30. The highest BCUT2D eigenvalue weighted by Crippen LogP contribution is 2.25. The molecule has 0 amide bonds. The van der Waals surface area contributed by atoms with Gasteiger partial charge in [-0.05, 0) is 43.4 Å². The average molecular weight is 222 g/mol. The smallest absolute Gasteiger partial charge is 0.119 e. The molecule has 3 heteroatoms. The first-order chi connectivity index (χ1) is 7.79. The van der Waals surface area contributed by atoms with Crippen LogP contribution in [0.5, 0.6) is 5.75 Å². The van der Waals surface area contributed by atoms with E-state index in [1.165, 1.54) is 12.8 Å². The molecule has 1 aliphatic rings. The predicted octanol–water partition coefficient (Wildman–Crippen LogP) is 2.03. The second-order valence-corrected chi connectivity index (χ2v) is 4.29. The SMILES string of the molecule is OCC(O)c1ccc(OC2CCCC2)cc1. The largest absolute Gasteiger partial charge is 0.490 e. The lowest BCUT2D eigenvalue weighted by Gasteiger charge is -2.14. The molecule has 0 saturated heterocycles. The Morgan fingerprint density at radius 1 is 1.19 bits per heavy atom. The van der Waals surface area contributed by atoms with Crippen molar-refractivity contribution in [2.45, 2.75) is 37.9 Å². The molecule has 0 heterocycles. The Kier molecular flexibility index (Phi) is 3.80. The van der Waals surface area contributed by atoms with Crippen molar-refractivity contribution in [1.82, 2.24) is 0 Å². The zero-order valence-electron chi connectivity index (χ0n) is 9.30. The fourth-order valence-corrected chi connectivity index (χ4v) is 2.07. The summed E-state index contributed by atoms with van der Waals surface area (Å²) in [6.45, 7) is -0.247. The van der Waals surface area contributed by atoms with Gasteiger partial charge in [0.25, 0.3) is 0 Å². The van der Waals surface area contributed by atoms with Crippen molar-refractivity contribution in [2.75, 3.05) is 6.61 Å². The van der Waals surface area contributed by atoms with Crippen LogP contribution in [0.2, 0.25) is 0 Å². The molecular formula is C13H18O3. The Morgan fingerprint density at radius 3 is 2.38 bits per heavy atom. The summed E-state index contributed by atoms with van der Waals surface area (Å²) in [7, 11) is 0. The summed E-state index contributed by atoms with van der Waals surface area (Å²) < 4.78 is 5.80. The normalized spacial score (nSPS) is 18.6. The van der Waals surface area contributed by atoms with Crippen molar-refractivity contribution in [3.8, 4) is 5.75 Å². The summed E-state index contributed by atoms with van der Waals surface area (Å²) >= 11 is 0. The van der Waals surface area contributed by atoms with Crippen molar-refractivity contribution >= 4 is 0 Å². The van der Waals surface area contributed by atoms with E-state index in [2.05, 4.69) is 0 Å². The fourth-order valence-electron chi connectivity index (χ4n) is 2.07.